The van der Waals surface area contributed by atoms with Gasteiger partial charge in [-0.3, -0.25) is 9.59 Å². The third-order valence-corrected chi connectivity index (χ3v) is 3.88. The van der Waals surface area contributed by atoms with Crippen molar-refractivity contribution in [1.29, 1.82) is 0 Å². The van der Waals surface area contributed by atoms with E-state index < -0.39 is 0 Å². The fourth-order valence-corrected chi connectivity index (χ4v) is 2.30. The number of aromatic nitrogens is 1. The van der Waals surface area contributed by atoms with Gasteiger partial charge in [0.15, 0.2) is 0 Å². The van der Waals surface area contributed by atoms with Gasteiger partial charge < -0.3 is 9.88 Å². The van der Waals surface area contributed by atoms with Crippen LogP contribution >= 0.6 is 23.2 Å². The molecule has 0 radical (unpaired) electrons. The molecule has 2 aromatic rings. The van der Waals surface area contributed by atoms with Gasteiger partial charge in [-0.2, -0.15) is 0 Å². The molecule has 0 unspecified atom stereocenters. The molecule has 1 aromatic heterocycles. The maximum atomic E-state index is 11.9. The van der Waals surface area contributed by atoms with Crippen molar-refractivity contribution >= 4 is 34.8 Å². The van der Waals surface area contributed by atoms with Crippen LogP contribution < -0.4 is 10.9 Å². The van der Waals surface area contributed by atoms with Crippen molar-refractivity contribution in [3.8, 4) is 0 Å². The Bertz CT molecular complexity index is 726. The monoisotopic (exact) mass is 324 g/mol. The van der Waals surface area contributed by atoms with Crippen molar-refractivity contribution in [2.24, 2.45) is 7.05 Å². The van der Waals surface area contributed by atoms with Crippen LogP contribution in [-0.4, -0.2) is 10.5 Å². The number of amides is 1. The molecule has 2 rings (SSSR count). The number of hydrogen-bond acceptors (Lipinski definition) is 2. The first-order chi connectivity index (χ1) is 9.97. The molecule has 1 heterocycles. The summed E-state index contributed by atoms with van der Waals surface area (Å²) in [6.45, 7) is 0. The Morgan fingerprint density at radius 3 is 2.71 bits per heavy atom. The SMILES string of the molecule is Cn1cc(NC(=O)CCc2cccc(Cl)c2Cl)ccc1=O. The molecule has 0 aliphatic carbocycles. The molecular weight excluding hydrogens is 311 g/mol. The molecule has 1 N–H and O–H groups in total. The molecule has 0 fully saturated rings. The maximum Gasteiger partial charge on any atom is 0.250 e. The number of aryl methyl sites for hydroxylation is 2. The highest BCUT2D eigenvalue weighted by molar-refractivity contribution is 6.42. The number of rotatable bonds is 4. The van der Waals surface area contributed by atoms with E-state index in [0.717, 1.165) is 5.56 Å². The molecule has 0 spiro atoms. The summed E-state index contributed by atoms with van der Waals surface area (Å²) in [5, 5.41) is 3.70. The molecule has 6 heteroatoms. The van der Waals surface area contributed by atoms with Gasteiger partial charge in [-0.05, 0) is 24.1 Å². The van der Waals surface area contributed by atoms with Crippen LogP contribution in [0.3, 0.4) is 0 Å². The van der Waals surface area contributed by atoms with Crippen LogP contribution in [0.4, 0.5) is 5.69 Å². The Kier molecular flexibility index (Phi) is 5.04. The summed E-state index contributed by atoms with van der Waals surface area (Å²) in [7, 11) is 1.63. The Balaban J connectivity index is 1.97. The molecule has 0 aliphatic rings. The molecule has 1 aromatic carbocycles. The van der Waals surface area contributed by atoms with Crippen LogP contribution in [-0.2, 0) is 18.3 Å². The highest BCUT2D eigenvalue weighted by atomic mass is 35.5. The lowest BCUT2D eigenvalue weighted by molar-refractivity contribution is -0.116. The number of carbonyl (C=O) groups is 1. The standard InChI is InChI=1S/C15H14Cl2N2O2/c1-19-9-11(6-8-14(19)21)18-13(20)7-5-10-3-2-4-12(16)15(10)17/h2-4,6,8-9H,5,7H2,1H3,(H,18,20). The summed E-state index contributed by atoms with van der Waals surface area (Å²) in [6, 6.07) is 8.33. The predicted octanol–water partition coefficient (Wildman–Crippen LogP) is 3.26. The van der Waals surface area contributed by atoms with E-state index in [1.165, 1.54) is 10.6 Å². The minimum Gasteiger partial charge on any atom is -0.325 e. The summed E-state index contributed by atoms with van der Waals surface area (Å²) in [6.07, 6.45) is 2.35. The Morgan fingerprint density at radius 1 is 1.24 bits per heavy atom. The molecule has 0 bridgehead atoms. The van der Waals surface area contributed by atoms with E-state index >= 15 is 0 Å². The zero-order valence-corrected chi connectivity index (χ0v) is 12.9. The third kappa shape index (κ3) is 4.09. The van der Waals surface area contributed by atoms with Gasteiger partial charge in [-0.25, -0.2) is 0 Å². The van der Waals surface area contributed by atoms with Crippen molar-refractivity contribution in [3.05, 3.63) is 62.5 Å². The lowest BCUT2D eigenvalue weighted by Gasteiger charge is -2.08. The molecule has 21 heavy (non-hydrogen) atoms. The second kappa shape index (κ2) is 6.78. The normalized spacial score (nSPS) is 10.4. The van der Waals surface area contributed by atoms with E-state index in [-0.39, 0.29) is 17.9 Å². The minimum atomic E-state index is -0.148. The van der Waals surface area contributed by atoms with Gasteiger partial charge in [0.1, 0.15) is 0 Å². The van der Waals surface area contributed by atoms with Crippen LogP contribution in [0, 0.1) is 0 Å². The highest BCUT2D eigenvalue weighted by Crippen LogP contribution is 2.26. The molecule has 0 atom stereocenters. The van der Waals surface area contributed by atoms with Crippen LogP contribution in [0.2, 0.25) is 10.0 Å². The molecule has 0 saturated heterocycles. The molecular formula is C15H14Cl2N2O2. The molecule has 4 nitrogen and oxygen atoms in total. The van der Waals surface area contributed by atoms with E-state index in [1.54, 1.807) is 31.4 Å². The summed E-state index contributed by atoms with van der Waals surface area (Å²) >= 11 is 12.0. The minimum absolute atomic E-state index is 0.126. The van der Waals surface area contributed by atoms with Crippen LogP contribution in [0.1, 0.15) is 12.0 Å². The lowest BCUT2D eigenvalue weighted by atomic mass is 10.1. The summed E-state index contributed by atoms with van der Waals surface area (Å²) < 4.78 is 1.41. The Hall–Kier alpha value is -1.78. The second-order valence-corrected chi connectivity index (χ2v) is 5.41. The van der Waals surface area contributed by atoms with Crippen molar-refractivity contribution in [3.63, 3.8) is 0 Å². The van der Waals surface area contributed by atoms with Gasteiger partial charge in [-0.15, -0.1) is 0 Å². The van der Waals surface area contributed by atoms with Gasteiger partial charge in [-0.1, -0.05) is 35.3 Å². The van der Waals surface area contributed by atoms with Gasteiger partial charge in [0.05, 0.1) is 15.7 Å². The van der Waals surface area contributed by atoms with Crippen LogP contribution in [0.25, 0.3) is 0 Å². The van der Waals surface area contributed by atoms with Crippen molar-refractivity contribution in [2.75, 3.05) is 5.32 Å². The van der Waals surface area contributed by atoms with Gasteiger partial charge >= 0.3 is 0 Å². The average Bonchev–Trinajstić information content (AvgIpc) is 2.44. The van der Waals surface area contributed by atoms with E-state index in [4.69, 9.17) is 23.2 Å². The van der Waals surface area contributed by atoms with Crippen molar-refractivity contribution in [2.45, 2.75) is 12.8 Å². The first-order valence-corrected chi connectivity index (χ1v) is 7.12. The fraction of sp³-hybridized carbons (Fsp3) is 0.200. The fourth-order valence-electron chi connectivity index (χ4n) is 1.88. The number of hydrogen-bond donors (Lipinski definition) is 1. The van der Waals surface area contributed by atoms with Crippen molar-refractivity contribution in [1.82, 2.24) is 4.57 Å². The summed E-state index contributed by atoms with van der Waals surface area (Å²) in [5.74, 6) is -0.148. The molecule has 1 amide bonds. The zero-order valence-electron chi connectivity index (χ0n) is 11.4. The van der Waals surface area contributed by atoms with E-state index in [2.05, 4.69) is 5.32 Å². The highest BCUT2D eigenvalue weighted by Gasteiger charge is 2.08. The Morgan fingerprint density at radius 2 is 2.00 bits per heavy atom. The second-order valence-electron chi connectivity index (χ2n) is 4.63. The number of carbonyl (C=O) groups excluding carboxylic acids is 1. The number of halogens is 2. The third-order valence-electron chi connectivity index (χ3n) is 3.02. The topological polar surface area (TPSA) is 51.1 Å². The first-order valence-electron chi connectivity index (χ1n) is 6.37. The smallest absolute Gasteiger partial charge is 0.250 e. The number of benzene rings is 1. The number of nitrogens with one attached hydrogen (secondary N) is 1. The number of pyridine rings is 1. The molecule has 0 aliphatic heterocycles. The van der Waals surface area contributed by atoms with Crippen molar-refractivity contribution < 1.29 is 4.79 Å². The average molecular weight is 325 g/mol. The van der Waals surface area contributed by atoms with Crippen LogP contribution in [0.15, 0.2) is 41.3 Å². The van der Waals surface area contributed by atoms with Crippen LogP contribution in [0.5, 0.6) is 0 Å². The van der Waals surface area contributed by atoms with E-state index in [0.29, 0.717) is 22.2 Å². The quantitative estimate of drug-likeness (QED) is 0.938. The summed E-state index contributed by atoms with van der Waals surface area (Å²) in [4.78, 5) is 23.2. The summed E-state index contributed by atoms with van der Waals surface area (Å²) in [5.41, 5.74) is 1.29. The van der Waals surface area contributed by atoms with E-state index in [9.17, 15) is 9.59 Å². The Labute approximate surface area is 132 Å². The zero-order chi connectivity index (χ0) is 15.4. The maximum absolute atomic E-state index is 11.9. The van der Waals surface area contributed by atoms with E-state index in [1.807, 2.05) is 6.07 Å². The molecule has 110 valence electrons. The first kappa shape index (κ1) is 15.6. The number of nitrogens with zero attached hydrogens (tertiary/aromatic N) is 1. The molecule has 0 saturated carbocycles. The van der Waals surface area contributed by atoms with Gasteiger partial charge in [0.25, 0.3) is 0 Å². The predicted molar refractivity (Wildman–Crippen MR) is 85.1 cm³/mol. The largest absolute Gasteiger partial charge is 0.325 e. The number of anilines is 1. The van der Waals surface area contributed by atoms with Gasteiger partial charge in [0.2, 0.25) is 11.5 Å². The van der Waals surface area contributed by atoms with Gasteiger partial charge in [0, 0.05) is 25.7 Å². The lowest BCUT2D eigenvalue weighted by Crippen LogP contribution is -2.18.